The molecule has 48 heavy (non-hydrogen) atoms. The number of aromatic nitrogens is 2. The average molecular weight is 653 g/mol. The van der Waals surface area contributed by atoms with Crippen LogP contribution in [0.1, 0.15) is 40.3 Å². The molecule has 7 rings (SSSR count). The molecule has 11 nitrogen and oxygen atoms in total. The summed E-state index contributed by atoms with van der Waals surface area (Å²) in [6, 6.07) is 23.0. The van der Waals surface area contributed by atoms with Crippen molar-refractivity contribution in [2.24, 2.45) is 7.05 Å². The lowest BCUT2D eigenvalue weighted by molar-refractivity contribution is -0.157. The van der Waals surface area contributed by atoms with Gasteiger partial charge in [-0.1, -0.05) is 48.5 Å². The van der Waals surface area contributed by atoms with E-state index in [2.05, 4.69) is 4.90 Å². The minimum atomic E-state index is -0.743. The van der Waals surface area contributed by atoms with Gasteiger partial charge in [-0.25, -0.2) is 4.68 Å². The second-order valence-electron chi connectivity index (χ2n) is 12.4. The van der Waals surface area contributed by atoms with Gasteiger partial charge < -0.3 is 29.0 Å². The minimum Gasteiger partial charge on any atom is -0.459 e. The number of carbonyl (C=O) groups is 1. The molecule has 3 aromatic carbocycles. The van der Waals surface area contributed by atoms with Crippen LogP contribution in [0.5, 0.6) is 11.5 Å². The molecule has 0 saturated carbocycles. The van der Waals surface area contributed by atoms with E-state index in [0.717, 1.165) is 46.1 Å². The Morgan fingerprint density at radius 3 is 2.38 bits per heavy atom. The van der Waals surface area contributed by atoms with Gasteiger partial charge in [0.1, 0.15) is 0 Å². The first-order valence-corrected chi connectivity index (χ1v) is 16.3. The van der Waals surface area contributed by atoms with Gasteiger partial charge in [0, 0.05) is 63.4 Å². The van der Waals surface area contributed by atoms with E-state index in [-0.39, 0.29) is 37.2 Å². The molecule has 0 aliphatic carbocycles. The van der Waals surface area contributed by atoms with Gasteiger partial charge in [0.2, 0.25) is 13.1 Å². The van der Waals surface area contributed by atoms with Crippen LogP contribution >= 0.6 is 0 Å². The molecule has 4 aromatic rings. The third-order valence-electron chi connectivity index (χ3n) is 9.38. The zero-order valence-electron chi connectivity index (χ0n) is 27.2. The quantitative estimate of drug-likeness (QED) is 0.290. The van der Waals surface area contributed by atoms with Crippen LogP contribution in [-0.2, 0) is 41.1 Å². The summed E-state index contributed by atoms with van der Waals surface area (Å²) < 4.78 is 27.0. The summed E-state index contributed by atoms with van der Waals surface area (Å²) in [6.07, 6.45) is 1.44. The number of ether oxygens (including phenoxy) is 4. The average Bonchev–Trinajstić information content (AvgIpc) is 3.68. The number of hydrogen-bond donors (Lipinski definition) is 1. The Morgan fingerprint density at radius 2 is 1.62 bits per heavy atom. The van der Waals surface area contributed by atoms with Crippen molar-refractivity contribution in [1.82, 2.24) is 19.2 Å². The van der Waals surface area contributed by atoms with Crippen LogP contribution < -0.4 is 15.0 Å². The molecule has 0 spiro atoms. The highest BCUT2D eigenvalue weighted by atomic mass is 16.7. The molecule has 250 valence electrons. The van der Waals surface area contributed by atoms with Crippen LogP contribution in [0.3, 0.4) is 0 Å². The summed E-state index contributed by atoms with van der Waals surface area (Å²) in [6.45, 7) is 5.65. The van der Waals surface area contributed by atoms with Gasteiger partial charge in [-0.2, -0.15) is 0 Å². The van der Waals surface area contributed by atoms with Crippen LogP contribution in [-0.4, -0.2) is 69.4 Å². The fourth-order valence-corrected chi connectivity index (χ4v) is 6.62. The lowest BCUT2D eigenvalue weighted by atomic mass is 9.93. The largest absolute Gasteiger partial charge is 0.459 e. The van der Waals surface area contributed by atoms with Gasteiger partial charge in [0.25, 0.3) is 11.5 Å². The van der Waals surface area contributed by atoms with Gasteiger partial charge in [-0.05, 0) is 54.0 Å². The maximum atomic E-state index is 14.0. The lowest BCUT2D eigenvalue weighted by Crippen LogP contribution is -2.49. The molecule has 1 saturated heterocycles. The van der Waals surface area contributed by atoms with Gasteiger partial charge in [-0.3, -0.25) is 19.2 Å². The molecular formula is C37H40N4O7. The number of aliphatic hydroxyl groups excluding tert-OH is 1. The molecular weight excluding hydrogens is 612 g/mol. The van der Waals surface area contributed by atoms with Gasteiger partial charge in [0.05, 0.1) is 18.9 Å². The van der Waals surface area contributed by atoms with Crippen molar-refractivity contribution in [2.75, 3.05) is 33.0 Å². The Kier molecular flexibility index (Phi) is 9.07. The maximum absolute atomic E-state index is 14.0. The second kappa shape index (κ2) is 13.7. The van der Waals surface area contributed by atoms with Gasteiger partial charge in [0.15, 0.2) is 17.3 Å². The maximum Gasteiger partial charge on any atom is 0.288 e. The van der Waals surface area contributed by atoms with Gasteiger partial charge >= 0.3 is 0 Å². The standard InChI is InChI=1S/C37H40N4O7/c1-25-35(37(44)41(38(25)2)30-6-4-3-5-7-30)29-19-33(48-34(20-29)45-23-27-10-8-26(22-42)9-11-27)36(43)40-16-14-39(15-17-40)21-28-12-13-31-32(18-28)47-24-46-31/h3-13,18-19,29,34,42H,14-17,20-24H2,1-2H3/t29-,34+/m0/s1. The Hall–Kier alpha value is -4.84. The summed E-state index contributed by atoms with van der Waals surface area (Å²) in [5.74, 6) is 1.13. The van der Waals surface area contributed by atoms with Crippen LogP contribution in [0.15, 0.2) is 89.4 Å². The molecule has 3 aliphatic heterocycles. The summed E-state index contributed by atoms with van der Waals surface area (Å²) >= 11 is 0. The Morgan fingerprint density at radius 1 is 0.917 bits per heavy atom. The van der Waals surface area contributed by atoms with E-state index < -0.39 is 12.2 Å². The van der Waals surface area contributed by atoms with Gasteiger partial charge in [-0.15, -0.1) is 0 Å². The number of benzene rings is 3. The first-order valence-electron chi connectivity index (χ1n) is 16.3. The van der Waals surface area contributed by atoms with E-state index in [1.165, 1.54) is 0 Å². The van der Waals surface area contributed by atoms with Crippen LogP contribution in [0, 0.1) is 6.92 Å². The fraction of sp³-hybridized carbons (Fsp3) is 0.351. The van der Waals surface area contributed by atoms with Crippen LogP contribution in [0.4, 0.5) is 0 Å². The van der Waals surface area contributed by atoms with Crippen molar-refractivity contribution in [2.45, 2.75) is 45.3 Å². The van der Waals surface area contributed by atoms with Crippen molar-refractivity contribution < 1.29 is 28.8 Å². The van der Waals surface area contributed by atoms with Crippen molar-refractivity contribution in [3.63, 3.8) is 0 Å². The van der Waals surface area contributed by atoms with Crippen molar-refractivity contribution in [3.05, 3.63) is 123 Å². The predicted octanol–water partition coefficient (Wildman–Crippen LogP) is 3.98. The highest BCUT2D eigenvalue weighted by Crippen LogP contribution is 2.34. The molecule has 1 amide bonds. The summed E-state index contributed by atoms with van der Waals surface area (Å²) in [5, 5.41) is 9.40. The topological polar surface area (TPSA) is 108 Å². The number of fused-ring (bicyclic) bond motifs is 1. The molecule has 1 aromatic heterocycles. The fourth-order valence-electron chi connectivity index (χ4n) is 6.62. The Balaban J connectivity index is 1.10. The number of amides is 1. The third kappa shape index (κ3) is 6.49. The number of allylic oxidation sites excluding steroid dienone is 1. The lowest BCUT2D eigenvalue weighted by Gasteiger charge is -2.36. The molecule has 1 fully saturated rings. The molecule has 0 bridgehead atoms. The Bertz CT molecular complexity index is 1860. The van der Waals surface area contributed by atoms with Crippen LogP contribution in [0.25, 0.3) is 5.69 Å². The highest BCUT2D eigenvalue weighted by molar-refractivity contribution is 5.92. The number of aliphatic hydroxyl groups is 1. The van der Waals surface area contributed by atoms with Crippen molar-refractivity contribution in [3.8, 4) is 17.2 Å². The molecule has 11 heteroatoms. The van der Waals surface area contributed by atoms with E-state index >= 15 is 0 Å². The SMILES string of the molecule is Cc1c([C@H]2C=C(C(=O)N3CCN(Cc4ccc5c(c4)OCO5)CC3)O[C@@H](OCc3ccc(CO)cc3)C2)c(=O)n(-c2ccccc2)n1C. The zero-order valence-corrected chi connectivity index (χ0v) is 27.2. The zero-order chi connectivity index (χ0) is 33.2. The van der Waals surface area contributed by atoms with E-state index in [0.29, 0.717) is 38.2 Å². The number of carbonyl (C=O) groups excluding carboxylic acids is 1. The van der Waals surface area contributed by atoms with Crippen molar-refractivity contribution in [1.29, 1.82) is 0 Å². The molecule has 0 unspecified atom stereocenters. The summed E-state index contributed by atoms with van der Waals surface area (Å²) in [4.78, 5) is 32.1. The number of hydrogen-bond acceptors (Lipinski definition) is 8. The molecule has 3 aliphatic rings. The third-order valence-corrected chi connectivity index (χ3v) is 9.38. The first kappa shape index (κ1) is 31.7. The number of nitrogens with zero attached hydrogens (tertiary/aromatic N) is 4. The first-order chi connectivity index (χ1) is 23.4. The Labute approximate surface area is 279 Å². The smallest absolute Gasteiger partial charge is 0.288 e. The summed E-state index contributed by atoms with van der Waals surface area (Å²) in [5.41, 5.74) is 4.92. The van der Waals surface area contributed by atoms with Crippen molar-refractivity contribution >= 4 is 5.91 Å². The summed E-state index contributed by atoms with van der Waals surface area (Å²) in [7, 11) is 1.87. The second-order valence-corrected chi connectivity index (χ2v) is 12.4. The highest BCUT2D eigenvalue weighted by Gasteiger charge is 2.35. The number of piperazine rings is 1. The predicted molar refractivity (Wildman–Crippen MR) is 178 cm³/mol. The molecule has 1 N–H and O–H groups in total. The monoisotopic (exact) mass is 652 g/mol. The normalized spacial score (nSPS) is 19.2. The molecule has 0 radical (unpaired) electrons. The van der Waals surface area contributed by atoms with E-state index in [1.54, 1.807) is 10.8 Å². The number of para-hydroxylation sites is 1. The minimum absolute atomic E-state index is 0.0333. The van der Waals surface area contributed by atoms with E-state index in [1.807, 2.05) is 96.3 Å². The molecule has 2 atom stereocenters. The van der Waals surface area contributed by atoms with Crippen LogP contribution in [0.2, 0.25) is 0 Å². The van der Waals surface area contributed by atoms with E-state index in [4.69, 9.17) is 18.9 Å². The molecule has 4 heterocycles. The van der Waals surface area contributed by atoms with E-state index in [9.17, 15) is 14.7 Å². The number of rotatable bonds is 9.